The maximum Gasteiger partial charge on any atom is 0.257 e. The Hall–Kier alpha value is -6.45. The maximum atomic E-state index is 14.0. The molecule has 2 aromatic heterocycles. The summed E-state index contributed by atoms with van der Waals surface area (Å²) in [6.45, 7) is 3.22. The van der Waals surface area contributed by atoms with Gasteiger partial charge in [0.05, 0.1) is 44.8 Å². The zero-order valence-corrected chi connectivity index (χ0v) is 30.6. The number of rotatable bonds is 6. The number of methoxy groups -OCH3 is 2. The topological polar surface area (TPSA) is 195 Å². The molecular formula is C38H44N8O8. The van der Waals surface area contributed by atoms with Gasteiger partial charge in [-0.3, -0.25) is 24.0 Å². The Morgan fingerprint density at radius 1 is 0.926 bits per heavy atom. The Morgan fingerprint density at radius 3 is 2.33 bits per heavy atom. The number of pyridine rings is 1. The van der Waals surface area contributed by atoms with Crippen molar-refractivity contribution in [1.82, 2.24) is 40.9 Å². The Kier molecular flexibility index (Phi) is 13.2. The third-order valence-corrected chi connectivity index (χ3v) is 8.68. The minimum absolute atomic E-state index is 0.0359. The number of carbonyl (C=O) groups is 5. The van der Waals surface area contributed by atoms with Crippen LogP contribution >= 0.6 is 0 Å². The number of fused-ring (bicyclic) bond motifs is 19. The molecule has 2 aliphatic heterocycles. The van der Waals surface area contributed by atoms with Gasteiger partial charge in [-0.15, -0.1) is 0 Å². The van der Waals surface area contributed by atoms with Crippen LogP contribution in [0.15, 0.2) is 73.1 Å². The molecule has 2 aliphatic rings. The first-order valence-corrected chi connectivity index (χ1v) is 17.4. The summed E-state index contributed by atoms with van der Waals surface area (Å²) in [5.74, 6) is -1.40. The number of hydrogen-bond donors (Lipinski definition) is 4. The van der Waals surface area contributed by atoms with E-state index in [4.69, 9.17) is 14.2 Å². The highest BCUT2D eigenvalue weighted by Gasteiger charge is 2.28. The summed E-state index contributed by atoms with van der Waals surface area (Å²) in [6.07, 6.45) is 3.56. The fourth-order valence-corrected chi connectivity index (χ4v) is 5.75. The predicted octanol–water partition coefficient (Wildman–Crippen LogP) is 1.60. The molecule has 0 saturated carbocycles. The van der Waals surface area contributed by atoms with E-state index in [0.717, 1.165) is 5.56 Å². The average Bonchev–Trinajstić information content (AvgIpc) is 3.57. The Morgan fingerprint density at radius 2 is 1.65 bits per heavy atom. The van der Waals surface area contributed by atoms with Crippen LogP contribution in [0.3, 0.4) is 0 Å². The lowest BCUT2D eigenvalue weighted by molar-refractivity contribution is -0.129. The third kappa shape index (κ3) is 9.70. The van der Waals surface area contributed by atoms with E-state index in [1.165, 1.54) is 49.1 Å². The van der Waals surface area contributed by atoms with Crippen molar-refractivity contribution in [2.45, 2.75) is 38.8 Å². The van der Waals surface area contributed by atoms with Crippen LogP contribution in [-0.2, 0) is 20.8 Å². The first-order chi connectivity index (χ1) is 26.1. The average molecular weight is 741 g/mol. The van der Waals surface area contributed by atoms with Crippen LogP contribution in [0.25, 0.3) is 5.82 Å². The van der Waals surface area contributed by atoms with Crippen molar-refractivity contribution < 1.29 is 38.2 Å². The fourth-order valence-electron chi connectivity index (χ4n) is 5.75. The second kappa shape index (κ2) is 18.3. The highest BCUT2D eigenvalue weighted by atomic mass is 16.5. The molecule has 0 spiro atoms. The van der Waals surface area contributed by atoms with Crippen molar-refractivity contribution >= 4 is 29.5 Å². The summed E-state index contributed by atoms with van der Waals surface area (Å²) in [5.41, 5.74) is 1.71. The molecule has 4 N–H and O–H groups in total. The number of amides is 5. The van der Waals surface area contributed by atoms with Gasteiger partial charge >= 0.3 is 0 Å². The van der Waals surface area contributed by atoms with E-state index in [0.29, 0.717) is 17.9 Å². The van der Waals surface area contributed by atoms with Crippen LogP contribution in [0.5, 0.6) is 17.2 Å². The summed E-state index contributed by atoms with van der Waals surface area (Å²) in [5, 5.41) is 15.4. The Balaban J connectivity index is 1.42. The summed E-state index contributed by atoms with van der Waals surface area (Å²) >= 11 is 0. The molecule has 0 saturated heterocycles. The molecule has 4 heterocycles. The van der Waals surface area contributed by atoms with E-state index in [1.54, 1.807) is 31.3 Å². The Bertz CT molecular complexity index is 1930. The normalized spacial score (nSPS) is 17.8. The first kappa shape index (κ1) is 38.8. The maximum absolute atomic E-state index is 14.0. The smallest absolute Gasteiger partial charge is 0.257 e. The van der Waals surface area contributed by atoms with Crippen LogP contribution in [0.4, 0.5) is 0 Å². The van der Waals surface area contributed by atoms with Gasteiger partial charge in [0.1, 0.15) is 12.1 Å². The third-order valence-electron chi connectivity index (χ3n) is 8.68. The van der Waals surface area contributed by atoms with Gasteiger partial charge in [0.25, 0.3) is 11.8 Å². The number of nitrogens with one attached hydrogen (secondary N) is 4. The van der Waals surface area contributed by atoms with Gasteiger partial charge in [-0.25, -0.2) is 9.67 Å². The molecule has 0 aliphatic carbocycles. The van der Waals surface area contributed by atoms with Crippen molar-refractivity contribution in [3.63, 3.8) is 0 Å². The van der Waals surface area contributed by atoms with E-state index in [2.05, 4.69) is 31.3 Å². The largest absolute Gasteiger partial charge is 0.493 e. The fraction of sp³-hybridized carbons (Fsp3) is 0.342. The number of nitrogens with zero attached hydrogens (tertiary/aromatic N) is 4. The van der Waals surface area contributed by atoms with Gasteiger partial charge in [-0.05, 0) is 50.1 Å². The minimum atomic E-state index is -1.05. The summed E-state index contributed by atoms with van der Waals surface area (Å²) in [7, 11) is 2.83. The van der Waals surface area contributed by atoms with E-state index in [-0.39, 0.29) is 67.6 Å². The molecule has 16 nitrogen and oxygen atoms in total. The van der Waals surface area contributed by atoms with E-state index < -0.39 is 41.6 Å². The zero-order chi connectivity index (χ0) is 38.6. The zero-order valence-electron chi connectivity index (χ0n) is 30.6. The summed E-state index contributed by atoms with van der Waals surface area (Å²) in [4.78, 5) is 73.2. The lowest BCUT2D eigenvalue weighted by Crippen LogP contribution is -2.54. The number of aromatic nitrogens is 3. The highest BCUT2D eigenvalue weighted by molar-refractivity contribution is 5.99. The monoisotopic (exact) mass is 740 g/mol. The lowest BCUT2D eigenvalue weighted by atomic mass is 10.0. The molecule has 2 atom stereocenters. The summed E-state index contributed by atoms with van der Waals surface area (Å²) in [6, 6.07) is 15.3. The molecule has 0 unspecified atom stereocenters. The van der Waals surface area contributed by atoms with Gasteiger partial charge in [-0.2, -0.15) is 5.10 Å². The number of carbonyl (C=O) groups excluding carboxylic acids is 5. The van der Waals surface area contributed by atoms with Gasteiger partial charge in [0.15, 0.2) is 17.3 Å². The molecule has 2 aromatic carbocycles. The van der Waals surface area contributed by atoms with E-state index in [1.807, 2.05) is 30.3 Å². The van der Waals surface area contributed by atoms with Crippen molar-refractivity contribution in [2.75, 3.05) is 47.0 Å². The van der Waals surface area contributed by atoms with E-state index in [9.17, 15) is 24.0 Å². The van der Waals surface area contributed by atoms with Crippen LogP contribution < -0.4 is 35.5 Å². The first-order valence-electron chi connectivity index (χ1n) is 17.4. The van der Waals surface area contributed by atoms with Gasteiger partial charge in [0, 0.05) is 37.8 Å². The second-order valence-corrected chi connectivity index (χ2v) is 12.5. The molecule has 0 radical (unpaired) electrons. The molecule has 2 bridgehead atoms. The molecule has 0 fully saturated rings. The van der Waals surface area contributed by atoms with Gasteiger partial charge < -0.3 is 40.4 Å². The standard InChI is InChI=1S/C38H44N8O8/c1-24-35(48)44-29(19-26-11-6-5-7-12-26)37(50)41-16-17-45(38(51)28-22-42-46(25(28)2)32-13-8-9-14-39-32)23-33(47)40-15-10-18-54-34-30(52-3)20-27(36(49)43-24)21-31(34)53-4/h5-9,11-14,20-22,24,29H,10,15-19,23H2,1-4H3,(H,40,47)(H,41,50)(H,43,49)(H,44,48)/t24-,29+/m0/s1. The molecule has 6 rings (SSSR count). The van der Waals surface area contributed by atoms with Crippen LogP contribution in [0, 0.1) is 6.92 Å². The number of ether oxygens (including phenoxy) is 3. The number of hydrogen-bond acceptors (Lipinski definition) is 10. The summed E-state index contributed by atoms with van der Waals surface area (Å²) < 4.78 is 18.5. The van der Waals surface area contributed by atoms with Crippen molar-refractivity contribution in [3.05, 3.63) is 95.4 Å². The quantitative estimate of drug-likeness (QED) is 0.211. The van der Waals surface area contributed by atoms with Crippen LogP contribution in [0.1, 0.15) is 45.3 Å². The molecular weight excluding hydrogens is 696 g/mol. The van der Waals surface area contributed by atoms with Gasteiger partial charge in [-0.1, -0.05) is 36.4 Å². The predicted molar refractivity (Wildman–Crippen MR) is 197 cm³/mol. The number of benzene rings is 2. The Labute approximate surface area is 312 Å². The molecule has 5 amide bonds. The molecule has 4 aromatic rings. The van der Waals surface area contributed by atoms with Crippen molar-refractivity contribution in [2.24, 2.45) is 0 Å². The van der Waals surface area contributed by atoms with Crippen LogP contribution in [-0.4, -0.2) is 108 Å². The van der Waals surface area contributed by atoms with Gasteiger partial charge in [0.2, 0.25) is 23.5 Å². The van der Waals surface area contributed by atoms with E-state index >= 15 is 0 Å². The SMILES string of the molecule is COc1cc2cc(OC)c1OCCCNC(=O)CN(C(=O)c1cnn(-c3ccccn3)c1C)CCNC(=O)[C@@H](Cc1ccccc1)NC(=O)[C@H](C)NC2=O. The van der Waals surface area contributed by atoms with Crippen LogP contribution in [0.2, 0.25) is 0 Å². The molecule has 54 heavy (non-hydrogen) atoms. The lowest BCUT2D eigenvalue weighted by Gasteiger charge is -2.24. The van der Waals surface area contributed by atoms with Crippen molar-refractivity contribution in [1.29, 1.82) is 0 Å². The molecule has 284 valence electrons. The highest BCUT2D eigenvalue weighted by Crippen LogP contribution is 2.38. The second-order valence-electron chi connectivity index (χ2n) is 12.5. The minimum Gasteiger partial charge on any atom is -0.493 e. The van der Waals surface area contributed by atoms with Crippen molar-refractivity contribution in [3.8, 4) is 23.1 Å². The molecule has 16 heteroatoms.